The Labute approximate surface area is 114 Å². The third-order valence-corrected chi connectivity index (χ3v) is 3.96. The summed E-state index contributed by atoms with van der Waals surface area (Å²) in [5.74, 6) is 1.49. The molecule has 0 radical (unpaired) electrons. The van der Waals surface area contributed by atoms with E-state index in [4.69, 9.17) is 11.6 Å². The number of H-pyrrole nitrogens is 1. The third-order valence-electron chi connectivity index (χ3n) is 2.66. The van der Waals surface area contributed by atoms with Crippen molar-refractivity contribution in [2.75, 3.05) is 0 Å². The average Bonchev–Trinajstić information content (AvgIpc) is 2.53. The van der Waals surface area contributed by atoms with Crippen molar-refractivity contribution in [3.63, 3.8) is 0 Å². The maximum Gasteiger partial charge on any atom is 0.143 e. The van der Waals surface area contributed by atoms with E-state index in [-0.39, 0.29) is 0 Å². The van der Waals surface area contributed by atoms with E-state index in [1.807, 2.05) is 0 Å². The number of hydrogen-bond donors (Lipinski definition) is 1. The summed E-state index contributed by atoms with van der Waals surface area (Å²) in [4.78, 5) is 12.3. The molecule has 0 aliphatic carbocycles. The number of nitrogens with one attached hydrogen (secondary N) is 1. The first-order valence-corrected chi connectivity index (χ1v) is 6.83. The number of fused-ring (bicyclic) bond motifs is 1. The molecule has 0 aromatic carbocycles. The lowest BCUT2D eigenvalue weighted by atomic mass is 10.1. The first-order chi connectivity index (χ1) is 7.91. The quantitative estimate of drug-likeness (QED) is 0.878. The molecule has 0 saturated heterocycles. The lowest BCUT2D eigenvalue weighted by Crippen LogP contribution is -2.03. The summed E-state index contributed by atoms with van der Waals surface area (Å²) in [6.45, 7) is 8.42. The van der Waals surface area contributed by atoms with Crippen molar-refractivity contribution in [2.24, 2.45) is 0 Å². The molecule has 0 spiro atoms. The normalized spacial score (nSPS) is 12.0. The molecule has 92 valence electrons. The van der Waals surface area contributed by atoms with Crippen molar-refractivity contribution >= 4 is 38.6 Å². The van der Waals surface area contributed by atoms with E-state index in [1.165, 1.54) is 0 Å². The van der Waals surface area contributed by atoms with E-state index in [2.05, 4.69) is 58.6 Å². The molecule has 0 bridgehead atoms. The molecule has 0 atom stereocenters. The molecule has 0 aliphatic heterocycles. The largest absolute Gasteiger partial charge is 0.329 e. The lowest BCUT2D eigenvalue weighted by molar-refractivity contribution is 0.742. The van der Waals surface area contributed by atoms with E-state index in [0.717, 1.165) is 27.0 Å². The van der Waals surface area contributed by atoms with E-state index in [9.17, 15) is 0 Å². The molecule has 0 unspecified atom stereocenters. The van der Waals surface area contributed by atoms with Crippen LogP contribution in [0, 0.1) is 0 Å². The number of halogens is 2. The van der Waals surface area contributed by atoms with Crippen molar-refractivity contribution in [2.45, 2.75) is 39.5 Å². The highest BCUT2D eigenvalue weighted by molar-refractivity contribution is 9.10. The number of aromatic amines is 1. The van der Waals surface area contributed by atoms with Crippen LogP contribution < -0.4 is 0 Å². The van der Waals surface area contributed by atoms with Gasteiger partial charge in [-0.05, 0) is 21.8 Å². The standard InChI is InChI=1S/C12H15BrClN3/c1-5(2)9-7-8(13)10(14)16-12(7)17-11(15-9)6(3)4/h5-6H,1-4H3,(H,15,16,17). The smallest absolute Gasteiger partial charge is 0.143 e. The molecule has 0 saturated carbocycles. The number of aromatic nitrogens is 3. The van der Waals surface area contributed by atoms with Crippen LogP contribution in [0.15, 0.2) is 4.47 Å². The summed E-state index contributed by atoms with van der Waals surface area (Å²) in [5, 5.41) is 1.58. The lowest BCUT2D eigenvalue weighted by Gasteiger charge is -2.10. The highest BCUT2D eigenvalue weighted by Crippen LogP contribution is 2.35. The predicted molar refractivity (Wildman–Crippen MR) is 74.8 cm³/mol. The van der Waals surface area contributed by atoms with Crippen LogP contribution in [0.5, 0.6) is 0 Å². The van der Waals surface area contributed by atoms with Gasteiger partial charge in [0, 0.05) is 5.92 Å². The Balaban J connectivity index is 2.81. The SMILES string of the molecule is CC(C)c1nc(C(C)C)c2c(Br)c(Cl)[nH]c2n1. The fraction of sp³-hybridized carbons (Fsp3) is 0.500. The summed E-state index contributed by atoms with van der Waals surface area (Å²) in [5.41, 5.74) is 1.85. The summed E-state index contributed by atoms with van der Waals surface area (Å²) < 4.78 is 0.855. The molecule has 0 amide bonds. The van der Waals surface area contributed by atoms with Gasteiger partial charge < -0.3 is 4.98 Å². The third kappa shape index (κ3) is 2.20. The van der Waals surface area contributed by atoms with Crippen molar-refractivity contribution in [1.82, 2.24) is 15.0 Å². The summed E-state index contributed by atoms with van der Waals surface area (Å²) >= 11 is 9.58. The Morgan fingerprint density at radius 2 is 1.76 bits per heavy atom. The first kappa shape index (κ1) is 12.8. The van der Waals surface area contributed by atoms with Gasteiger partial charge in [0.15, 0.2) is 0 Å². The zero-order valence-corrected chi connectivity index (χ0v) is 12.6. The molecule has 2 aromatic heterocycles. The maximum atomic E-state index is 6.09. The molecule has 1 N–H and O–H groups in total. The second-order valence-corrected chi connectivity index (χ2v) is 5.92. The molecule has 0 aliphatic rings. The molecule has 2 rings (SSSR count). The van der Waals surface area contributed by atoms with E-state index >= 15 is 0 Å². The van der Waals surface area contributed by atoms with E-state index < -0.39 is 0 Å². The topological polar surface area (TPSA) is 41.6 Å². The molecule has 0 fully saturated rings. The Morgan fingerprint density at radius 1 is 1.12 bits per heavy atom. The van der Waals surface area contributed by atoms with Gasteiger partial charge >= 0.3 is 0 Å². The zero-order valence-electron chi connectivity index (χ0n) is 10.3. The van der Waals surface area contributed by atoms with Crippen molar-refractivity contribution in [3.8, 4) is 0 Å². The van der Waals surface area contributed by atoms with E-state index in [0.29, 0.717) is 17.0 Å². The average molecular weight is 317 g/mol. The van der Waals surface area contributed by atoms with Gasteiger partial charge in [0.25, 0.3) is 0 Å². The van der Waals surface area contributed by atoms with Crippen LogP contribution in [0.1, 0.15) is 51.0 Å². The van der Waals surface area contributed by atoms with Crippen LogP contribution in [0.25, 0.3) is 11.0 Å². The Kier molecular flexibility index (Phi) is 3.46. The van der Waals surface area contributed by atoms with Crippen LogP contribution in [-0.2, 0) is 0 Å². The van der Waals surface area contributed by atoms with Gasteiger partial charge in [-0.3, -0.25) is 0 Å². The second-order valence-electron chi connectivity index (χ2n) is 4.75. The second kappa shape index (κ2) is 4.58. The van der Waals surface area contributed by atoms with Crippen LogP contribution in [0.3, 0.4) is 0 Å². The maximum absolute atomic E-state index is 6.09. The van der Waals surface area contributed by atoms with Crippen LogP contribution >= 0.6 is 27.5 Å². The Bertz CT molecular complexity index is 560. The van der Waals surface area contributed by atoms with Gasteiger partial charge in [0.05, 0.1) is 15.6 Å². The van der Waals surface area contributed by atoms with Gasteiger partial charge in [-0.25, -0.2) is 9.97 Å². The molecule has 17 heavy (non-hydrogen) atoms. The monoisotopic (exact) mass is 315 g/mol. The van der Waals surface area contributed by atoms with Crippen LogP contribution in [-0.4, -0.2) is 15.0 Å². The molecule has 3 nitrogen and oxygen atoms in total. The minimum Gasteiger partial charge on any atom is -0.329 e. The van der Waals surface area contributed by atoms with Gasteiger partial charge in [-0.1, -0.05) is 39.3 Å². The molecule has 5 heteroatoms. The van der Waals surface area contributed by atoms with Crippen molar-refractivity contribution < 1.29 is 0 Å². The summed E-state index contributed by atoms with van der Waals surface area (Å²) in [7, 11) is 0. The fourth-order valence-electron chi connectivity index (χ4n) is 1.75. The first-order valence-electron chi connectivity index (χ1n) is 5.66. The zero-order chi connectivity index (χ0) is 12.7. The van der Waals surface area contributed by atoms with Crippen LogP contribution in [0.2, 0.25) is 5.15 Å². The molecular formula is C12H15BrClN3. The highest BCUT2D eigenvalue weighted by atomic mass is 79.9. The van der Waals surface area contributed by atoms with Crippen molar-refractivity contribution in [1.29, 1.82) is 0 Å². The Morgan fingerprint density at radius 3 is 2.29 bits per heavy atom. The number of nitrogens with zero attached hydrogens (tertiary/aromatic N) is 2. The minimum absolute atomic E-state index is 0.303. The highest BCUT2D eigenvalue weighted by Gasteiger charge is 2.18. The molecular weight excluding hydrogens is 302 g/mol. The Hall–Kier alpha value is -0.610. The van der Waals surface area contributed by atoms with Crippen molar-refractivity contribution in [3.05, 3.63) is 21.1 Å². The van der Waals surface area contributed by atoms with Gasteiger partial charge in [0.2, 0.25) is 0 Å². The van der Waals surface area contributed by atoms with Gasteiger partial charge in [-0.15, -0.1) is 0 Å². The number of rotatable bonds is 2. The van der Waals surface area contributed by atoms with E-state index in [1.54, 1.807) is 0 Å². The molecule has 2 heterocycles. The molecule has 2 aromatic rings. The van der Waals surface area contributed by atoms with Gasteiger partial charge in [-0.2, -0.15) is 0 Å². The van der Waals surface area contributed by atoms with Crippen LogP contribution in [0.4, 0.5) is 0 Å². The summed E-state index contributed by atoms with van der Waals surface area (Å²) in [6, 6.07) is 0. The number of hydrogen-bond acceptors (Lipinski definition) is 2. The minimum atomic E-state index is 0.303. The van der Waals surface area contributed by atoms with Gasteiger partial charge in [0.1, 0.15) is 16.6 Å². The predicted octanol–water partition coefficient (Wildman–Crippen LogP) is 4.62. The summed E-state index contributed by atoms with van der Waals surface area (Å²) in [6.07, 6.45) is 0. The fourth-order valence-corrected chi connectivity index (χ4v) is 2.42.